The van der Waals surface area contributed by atoms with Crippen molar-refractivity contribution in [2.45, 2.75) is 54.6 Å². The summed E-state index contributed by atoms with van der Waals surface area (Å²) in [5.74, 6) is -3.20. The van der Waals surface area contributed by atoms with Crippen molar-refractivity contribution >= 4 is 21.8 Å². The number of carboxylic acids is 1. The lowest BCUT2D eigenvalue weighted by atomic mass is 9.75. The highest BCUT2D eigenvalue weighted by Gasteiger charge is 2.61. The largest absolute Gasteiger partial charge is 0.481 e. The lowest BCUT2D eigenvalue weighted by Gasteiger charge is -2.40. The van der Waals surface area contributed by atoms with E-state index in [9.17, 15) is 45.1 Å². The summed E-state index contributed by atoms with van der Waals surface area (Å²) >= 11 is 0. The van der Waals surface area contributed by atoms with Gasteiger partial charge in [0.1, 0.15) is 10.6 Å². The summed E-state index contributed by atoms with van der Waals surface area (Å²) in [4.78, 5) is 27.9. The minimum Gasteiger partial charge on any atom is -0.481 e. The fraction of sp³-hybridized carbons (Fsp3) is 0.517. The number of urea groups is 1. The Morgan fingerprint density at radius 2 is 1.67 bits per heavy atom. The van der Waals surface area contributed by atoms with Gasteiger partial charge in [-0.3, -0.25) is 4.79 Å². The molecule has 2 aliphatic heterocycles. The Labute approximate surface area is 240 Å². The van der Waals surface area contributed by atoms with E-state index in [0.717, 1.165) is 36.4 Å². The maximum atomic E-state index is 14.9. The number of likely N-dealkylation sites (tertiary alicyclic amines) is 2. The quantitative estimate of drug-likeness (QED) is 0.374. The number of aryl methyl sites for hydroxylation is 1. The molecule has 5 rings (SSSR count). The Morgan fingerprint density at radius 3 is 2.26 bits per heavy atom. The Bertz CT molecular complexity index is 1510. The van der Waals surface area contributed by atoms with Crippen molar-refractivity contribution in [3.8, 4) is 0 Å². The van der Waals surface area contributed by atoms with Crippen LogP contribution in [0.3, 0.4) is 0 Å². The molecule has 42 heavy (non-hydrogen) atoms. The van der Waals surface area contributed by atoms with Gasteiger partial charge >= 0.3 is 18.2 Å². The third-order valence-electron chi connectivity index (χ3n) is 9.29. The van der Waals surface area contributed by atoms with Crippen molar-refractivity contribution < 1.29 is 45.1 Å². The molecule has 2 fully saturated rings. The van der Waals surface area contributed by atoms with E-state index in [2.05, 4.69) is 0 Å². The van der Waals surface area contributed by atoms with Gasteiger partial charge in [0, 0.05) is 32.1 Å². The highest BCUT2D eigenvalue weighted by molar-refractivity contribution is 7.92. The third kappa shape index (κ3) is 4.64. The molecule has 0 aromatic heterocycles. The van der Waals surface area contributed by atoms with Gasteiger partial charge in [-0.25, -0.2) is 22.0 Å². The van der Waals surface area contributed by atoms with E-state index in [1.165, 1.54) is 15.9 Å². The number of carboxylic acid groups (broad SMARTS) is 1. The zero-order valence-electron chi connectivity index (χ0n) is 23.0. The summed E-state index contributed by atoms with van der Waals surface area (Å²) in [6, 6.07) is 6.98. The summed E-state index contributed by atoms with van der Waals surface area (Å²) in [6.07, 6.45) is -4.58. The molecule has 2 aromatic rings. The van der Waals surface area contributed by atoms with Crippen LogP contribution in [-0.2, 0) is 31.5 Å². The molecule has 1 aliphatic carbocycles. The van der Waals surface area contributed by atoms with Crippen LogP contribution in [0.4, 0.5) is 26.7 Å². The number of benzene rings is 2. The first-order valence-corrected chi connectivity index (χ1v) is 15.2. The zero-order chi connectivity index (χ0) is 30.8. The highest BCUT2D eigenvalue weighted by atomic mass is 32.2. The first kappa shape index (κ1) is 30.2. The maximum absolute atomic E-state index is 14.9. The number of nitrogens with zero attached hydrogens (tertiary/aromatic N) is 2. The number of piperidine rings is 1. The Balaban J connectivity index is 1.58. The first-order valence-electron chi connectivity index (χ1n) is 13.7. The predicted octanol–water partition coefficient (Wildman–Crippen LogP) is 5.28. The van der Waals surface area contributed by atoms with E-state index in [1.807, 2.05) is 0 Å². The minimum absolute atomic E-state index is 0.0388. The van der Waals surface area contributed by atoms with Crippen LogP contribution in [-0.4, -0.2) is 67.7 Å². The summed E-state index contributed by atoms with van der Waals surface area (Å²) in [5.41, 5.74) is -3.88. The molecule has 0 saturated carbocycles. The first-order chi connectivity index (χ1) is 19.5. The fourth-order valence-corrected chi connectivity index (χ4v) is 9.18. The number of carbonyl (C=O) groups is 2. The summed E-state index contributed by atoms with van der Waals surface area (Å²) in [6.45, 7) is 2.21. The molecular weight excluding hydrogens is 583 g/mol. The number of fused-ring (bicyclic) bond motifs is 3. The standard InChI is InChI=1S/C29H31F5N2O5S/c1-17-14-35(12-11-23(17)25(37)38)26(39)36-15-20-4-3-18-13-19(27(2,31)29(32,33)34)5-10-24(18)28(20,16-36)42(40,41)22-8-6-21(30)7-9-22/h5-10,13,17,20,23H,3-4,11-12,14-16H2,1-2H3,(H,37,38). The summed E-state index contributed by atoms with van der Waals surface area (Å²) in [7, 11) is -4.37. The molecule has 5 unspecified atom stereocenters. The molecule has 2 saturated heterocycles. The number of alkyl halides is 4. The van der Waals surface area contributed by atoms with E-state index < -0.39 is 61.6 Å². The van der Waals surface area contributed by atoms with Crippen LogP contribution < -0.4 is 0 Å². The molecule has 2 aromatic carbocycles. The topological polar surface area (TPSA) is 95.0 Å². The normalized spacial score (nSPS) is 27.6. The number of carbonyl (C=O) groups excluding carboxylic acids is 1. The maximum Gasteiger partial charge on any atom is 0.426 e. The summed E-state index contributed by atoms with van der Waals surface area (Å²) in [5, 5.41) is 9.45. The molecule has 0 spiro atoms. The lowest BCUT2D eigenvalue weighted by molar-refractivity contribution is -0.228. The molecule has 0 radical (unpaired) electrons. The van der Waals surface area contributed by atoms with E-state index in [-0.39, 0.29) is 67.4 Å². The third-order valence-corrected chi connectivity index (χ3v) is 11.8. The molecule has 7 nitrogen and oxygen atoms in total. The minimum atomic E-state index is -5.20. The molecule has 2 amide bonds. The van der Waals surface area contributed by atoms with Crippen LogP contribution in [0.2, 0.25) is 0 Å². The Kier molecular flexibility index (Phi) is 7.35. The molecule has 228 valence electrons. The molecular formula is C29H31F5N2O5S. The number of sulfone groups is 1. The van der Waals surface area contributed by atoms with E-state index in [1.54, 1.807) is 6.92 Å². The molecule has 1 N–H and O–H groups in total. The SMILES string of the molecule is CC1CN(C(=O)N2CC3CCc4cc(C(C)(F)C(F)(F)F)ccc4C3(S(=O)(=O)c3ccc(F)cc3)C2)CCC1C(=O)O. The van der Waals surface area contributed by atoms with Crippen LogP contribution in [0.25, 0.3) is 0 Å². The molecule has 5 atom stereocenters. The monoisotopic (exact) mass is 614 g/mol. The fourth-order valence-electron chi connectivity index (χ4n) is 6.82. The Hall–Kier alpha value is -3.22. The van der Waals surface area contributed by atoms with Crippen molar-refractivity contribution in [3.05, 3.63) is 65.0 Å². The van der Waals surface area contributed by atoms with Gasteiger partial charge in [-0.1, -0.05) is 25.1 Å². The summed E-state index contributed by atoms with van der Waals surface area (Å²) < 4.78 is 96.3. The van der Waals surface area contributed by atoms with E-state index in [0.29, 0.717) is 6.92 Å². The number of halogens is 5. The van der Waals surface area contributed by atoms with Crippen molar-refractivity contribution in [3.63, 3.8) is 0 Å². The van der Waals surface area contributed by atoms with Gasteiger partial charge in [0.25, 0.3) is 0 Å². The van der Waals surface area contributed by atoms with Gasteiger partial charge in [0.2, 0.25) is 5.67 Å². The number of amides is 2. The van der Waals surface area contributed by atoms with Gasteiger partial charge in [-0.2, -0.15) is 13.2 Å². The second kappa shape index (κ2) is 10.2. The lowest BCUT2D eigenvalue weighted by Crippen LogP contribution is -2.51. The van der Waals surface area contributed by atoms with Crippen molar-refractivity contribution in [2.75, 3.05) is 26.2 Å². The number of rotatable bonds is 4. The van der Waals surface area contributed by atoms with Gasteiger partial charge in [0.15, 0.2) is 9.84 Å². The van der Waals surface area contributed by atoms with Crippen LogP contribution >= 0.6 is 0 Å². The van der Waals surface area contributed by atoms with Crippen molar-refractivity contribution in [1.82, 2.24) is 9.80 Å². The second-order valence-corrected chi connectivity index (χ2v) is 14.0. The van der Waals surface area contributed by atoms with E-state index in [4.69, 9.17) is 0 Å². The van der Waals surface area contributed by atoms with E-state index >= 15 is 0 Å². The second-order valence-electron chi connectivity index (χ2n) is 11.8. The molecule has 3 aliphatic rings. The van der Waals surface area contributed by atoms with Gasteiger partial charge in [-0.15, -0.1) is 0 Å². The average molecular weight is 615 g/mol. The average Bonchev–Trinajstić information content (AvgIpc) is 3.33. The number of hydrogen-bond acceptors (Lipinski definition) is 4. The Morgan fingerprint density at radius 1 is 1.00 bits per heavy atom. The predicted molar refractivity (Wildman–Crippen MR) is 141 cm³/mol. The zero-order valence-corrected chi connectivity index (χ0v) is 23.8. The molecule has 2 heterocycles. The number of hydrogen-bond donors (Lipinski definition) is 1. The molecule has 0 bridgehead atoms. The van der Waals surface area contributed by atoms with Gasteiger partial charge < -0.3 is 14.9 Å². The van der Waals surface area contributed by atoms with Crippen LogP contribution in [0.1, 0.15) is 43.4 Å². The highest BCUT2D eigenvalue weighted by Crippen LogP contribution is 2.54. The smallest absolute Gasteiger partial charge is 0.426 e. The van der Waals surface area contributed by atoms with Crippen molar-refractivity contribution in [1.29, 1.82) is 0 Å². The number of aliphatic carboxylic acids is 1. The van der Waals surface area contributed by atoms with Crippen LogP contribution in [0.5, 0.6) is 0 Å². The van der Waals surface area contributed by atoms with Crippen LogP contribution in [0, 0.1) is 23.6 Å². The van der Waals surface area contributed by atoms with Gasteiger partial charge in [0.05, 0.1) is 10.8 Å². The van der Waals surface area contributed by atoms with Crippen molar-refractivity contribution in [2.24, 2.45) is 17.8 Å². The van der Waals surface area contributed by atoms with Gasteiger partial charge in [-0.05, 0) is 73.1 Å². The van der Waals surface area contributed by atoms with Crippen LogP contribution in [0.15, 0.2) is 47.4 Å². The molecule has 13 heteroatoms.